The second-order valence-corrected chi connectivity index (χ2v) is 8.33. The first kappa shape index (κ1) is 27.4. The van der Waals surface area contributed by atoms with Gasteiger partial charge in [-0.05, 0) is 31.3 Å². The number of hydrogen-bond acceptors (Lipinski definition) is 5. The Labute approximate surface area is 193 Å². The number of hydrogen-bond donors (Lipinski definition) is 1. The van der Waals surface area contributed by atoms with Crippen molar-refractivity contribution in [1.82, 2.24) is 4.90 Å². The molecule has 1 rings (SSSR count). The maximum Gasteiger partial charge on any atom is 0.415 e. The second-order valence-electron chi connectivity index (χ2n) is 8.33. The topological polar surface area (TPSA) is 94.2 Å². The van der Waals surface area contributed by atoms with Crippen LogP contribution in [0.15, 0.2) is 28.7 Å². The van der Waals surface area contributed by atoms with Gasteiger partial charge in [-0.25, -0.2) is 9.79 Å². The molecule has 1 aliphatic rings. The van der Waals surface area contributed by atoms with Crippen molar-refractivity contribution in [3.05, 3.63) is 23.7 Å². The first-order chi connectivity index (χ1) is 15.4. The van der Waals surface area contributed by atoms with E-state index < -0.39 is 6.09 Å². The molecule has 0 radical (unpaired) electrons. The molecule has 0 bridgehead atoms. The van der Waals surface area contributed by atoms with Crippen molar-refractivity contribution in [2.45, 2.75) is 77.7 Å². The van der Waals surface area contributed by atoms with Gasteiger partial charge in [0, 0.05) is 44.3 Å². The number of amides is 2. The molecule has 0 spiro atoms. The molecule has 0 saturated carbocycles. The largest absolute Gasteiger partial charge is 0.493 e. The molecule has 1 aliphatic heterocycles. The summed E-state index contributed by atoms with van der Waals surface area (Å²) < 4.78 is 10.8. The number of carbonyl (C=O) groups excluding carboxylic acids is 2. The maximum absolute atomic E-state index is 12.5. The summed E-state index contributed by atoms with van der Waals surface area (Å²) in [5, 5.41) is 0. The van der Waals surface area contributed by atoms with Crippen LogP contribution in [0.2, 0.25) is 0 Å². The fourth-order valence-corrected chi connectivity index (χ4v) is 3.55. The average molecular weight is 446 g/mol. The summed E-state index contributed by atoms with van der Waals surface area (Å²) in [5.74, 6) is 3.42. The van der Waals surface area contributed by atoms with E-state index in [2.05, 4.69) is 24.8 Å². The molecular formula is C25H39N3O4. The van der Waals surface area contributed by atoms with Gasteiger partial charge in [0.2, 0.25) is 5.91 Å². The third-order valence-corrected chi connectivity index (χ3v) is 5.32. The van der Waals surface area contributed by atoms with Crippen LogP contribution < -0.4 is 5.73 Å². The average Bonchev–Trinajstić information content (AvgIpc) is 3.25. The molecule has 1 unspecified atom stereocenters. The number of methoxy groups -OCH3 is 1. The Bertz CT molecular complexity index is 719. The standard InChI is InChI=1S/C25H39N3O4/c1-5-12-23(32-25(30)28-18-11-14-21(28)19-26)22(31-4)15-10-17-27-24(29)16-9-7-6-8-13-20(2)3/h1,12,15,17,20-21H,6-11,13-14,16,18-19,26H2,2-4H3/b22-15+,23-12+,27-17+. The Morgan fingerprint density at radius 2 is 2.00 bits per heavy atom. The number of rotatable bonds is 13. The fraction of sp³-hybridized carbons (Fsp3) is 0.640. The highest BCUT2D eigenvalue weighted by atomic mass is 16.6. The molecule has 0 aromatic carbocycles. The van der Waals surface area contributed by atoms with E-state index in [9.17, 15) is 9.59 Å². The number of aliphatic imine (C=N–C) groups is 1. The van der Waals surface area contributed by atoms with Crippen LogP contribution in [0.5, 0.6) is 0 Å². The molecular weight excluding hydrogens is 406 g/mol. The zero-order valence-electron chi connectivity index (χ0n) is 19.8. The van der Waals surface area contributed by atoms with Crippen molar-refractivity contribution >= 4 is 18.2 Å². The van der Waals surface area contributed by atoms with Crippen LogP contribution in [-0.4, -0.2) is 49.4 Å². The van der Waals surface area contributed by atoms with E-state index in [0.29, 0.717) is 31.7 Å². The molecule has 1 saturated heterocycles. The summed E-state index contributed by atoms with van der Waals surface area (Å²) >= 11 is 0. The Kier molecular flexibility index (Phi) is 13.8. The van der Waals surface area contributed by atoms with Crippen molar-refractivity contribution in [2.75, 3.05) is 20.2 Å². The lowest BCUT2D eigenvalue weighted by molar-refractivity contribution is -0.117. The van der Waals surface area contributed by atoms with Crippen molar-refractivity contribution in [1.29, 1.82) is 0 Å². The first-order valence-electron chi connectivity index (χ1n) is 11.6. The van der Waals surface area contributed by atoms with E-state index >= 15 is 0 Å². The summed E-state index contributed by atoms with van der Waals surface area (Å²) in [6, 6.07) is -0.0297. The Hall–Kier alpha value is -2.59. The quantitative estimate of drug-likeness (QED) is 0.147. The molecule has 178 valence electrons. The highest BCUT2D eigenvalue weighted by molar-refractivity contribution is 5.85. The van der Waals surface area contributed by atoms with E-state index in [4.69, 9.17) is 21.6 Å². The highest BCUT2D eigenvalue weighted by Crippen LogP contribution is 2.21. The smallest absolute Gasteiger partial charge is 0.415 e. The van der Waals surface area contributed by atoms with Crippen LogP contribution in [0.25, 0.3) is 0 Å². The molecule has 32 heavy (non-hydrogen) atoms. The number of unbranched alkanes of at least 4 members (excludes halogenated alkanes) is 3. The first-order valence-corrected chi connectivity index (χ1v) is 11.6. The minimum atomic E-state index is -0.500. The van der Waals surface area contributed by atoms with E-state index in [1.807, 2.05) is 0 Å². The van der Waals surface area contributed by atoms with Crippen molar-refractivity contribution in [3.63, 3.8) is 0 Å². The predicted molar refractivity (Wildman–Crippen MR) is 128 cm³/mol. The Balaban J connectivity index is 2.52. The Morgan fingerprint density at radius 3 is 2.66 bits per heavy atom. The van der Waals surface area contributed by atoms with Crippen LogP contribution in [0, 0.1) is 18.3 Å². The number of ether oxygens (including phenoxy) is 2. The Morgan fingerprint density at radius 1 is 1.25 bits per heavy atom. The van der Waals surface area contributed by atoms with Gasteiger partial charge in [0.25, 0.3) is 0 Å². The number of carbonyl (C=O) groups is 2. The lowest BCUT2D eigenvalue weighted by atomic mass is 10.0. The van der Waals surface area contributed by atoms with Crippen molar-refractivity contribution in [2.24, 2.45) is 16.6 Å². The lowest BCUT2D eigenvalue weighted by Gasteiger charge is -2.23. The minimum Gasteiger partial charge on any atom is -0.493 e. The van der Waals surface area contributed by atoms with Gasteiger partial charge in [-0.15, -0.1) is 6.42 Å². The van der Waals surface area contributed by atoms with Crippen molar-refractivity contribution in [3.8, 4) is 12.3 Å². The summed E-state index contributed by atoms with van der Waals surface area (Å²) in [6.45, 7) is 5.44. The van der Waals surface area contributed by atoms with Crippen LogP contribution in [0.3, 0.4) is 0 Å². The van der Waals surface area contributed by atoms with Gasteiger partial charge in [0.1, 0.15) is 0 Å². The maximum atomic E-state index is 12.5. The number of allylic oxidation sites excluding steroid dienone is 2. The summed E-state index contributed by atoms with van der Waals surface area (Å²) in [4.78, 5) is 30.0. The fourth-order valence-electron chi connectivity index (χ4n) is 3.55. The summed E-state index contributed by atoms with van der Waals surface area (Å²) in [5.41, 5.74) is 5.73. The zero-order chi connectivity index (χ0) is 23.8. The van der Waals surface area contributed by atoms with E-state index in [1.165, 1.54) is 32.2 Å². The van der Waals surface area contributed by atoms with Gasteiger partial charge in [0.05, 0.1) is 7.11 Å². The molecule has 2 N–H and O–H groups in total. The van der Waals surface area contributed by atoms with Gasteiger partial charge < -0.3 is 20.1 Å². The van der Waals surface area contributed by atoms with Crippen LogP contribution in [0.1, 0.15) is 71.6 Å². The van der Waals surface area contributed by atoms with Gasteiger partial charge in [0.15, 0.2) is 11.5 Å². The van der Waals surface area contributed by atoms with E-state index in [1.54, 1.807) is 11.0 Å². The van der Waals surface area contributed by atoms with E-state index in [0.717, 1.165) is 38.0 Å². The van der Waals surface area contributed by atoms with E-state index in [-0.39, 0.29) is 17.7 Å². The molecule has 1 heterocycles. The molecule has 2 amide bonds. The van der Waals surface area contributed by atoms with Crippen LogP contribution in [-0.2, 0) is 14.3 Å². The van der Waals surface area contributed by atoms with Gasteiger partial charge in [-0.1, -0.05) is 45.5 Å². The van der Waals surface area contributed by atoms with Gasteiger partial charge in [-0.3, -0.25) is 4.79 Å². The molecule has 1 atom stereocenters. The van der Waals surface area contributed by atoms with Gasteiger partial charge in [-0.2, -0.15) is 0 Å². The number of terminal acetylenes is 1. The molecule has 0 aromatic rings. The molecule has 0 aromatic heterocycles. The number of likely N-dealkylation sites (tertiary alicyclic amines) is 1. The molecule has 1 fully saturated rings. The molecule has 7 heteroatoms. The number of nitrogens with zero attached hydrogens (tertiary/aromatic N) is 2. The minimum absolute atomic E-state index is 0.0297. The SMILES string of the molecule is C#C/C=C(OC(=O)N1CCCC1CN)\C(=C/C/C=N/C(=O)CCCCCCC(C)C)OC. The lowest BCUT2D eigenvalue weighted by Crippen LogP contribution is -2.40. The third-order valence-electron chi connectivity index (χ3n) is 5.32. The summed E-state index contributed by atoms with van der Waals surface area (Å²) in [6.07, 6.45) is 17.5. The predicted octanol–water partition coefficient (Wildman–Crippen LogP) is 4.58. The second kappa shape index (κ2) is 16.1. The van der Waals surface area contributed by atoms with Crippen molar-refractivity contribution < 1.29 is 19.1 Å². The highest BCUT2D eigenvalue weighted by Gasteiger charge is 2.30. The molecule has 7 nitrogen and oxygen atoms in total. The normalized spacial score (nSPS) is 17.1. The van der Waals surface area contributed by atoms with Crippen LogP contribution >= 0.6 is 0 Å². The monoisotopic (exact) mass is 445 g/mol. The zero-order valence-corrected chi connectivity index (χ0v) is 19.8. The summed E-state index contributed by atoms with van der Waals surface area (Å²) in [7, 11) is 1.46. The van der Waals surface area contributed by atoms with Gasteiger partial charge >= 0.3 is 6.09 Å². The third kappa shape index (κ3) is 10.6. The number of nitrogens with two attached hydrogens (primary N) is 1. The molecule has 0 aliphatic carbocycles. The van der Waals surface area contributed by atoms with Crippen LogP contribution in [0.4, 0.5) is 4.79 Å².